The Morgan fingerprint density at radius 2 is 2.00 bits per heavy atom. The molecule has 1 aromatic carbocycles. The summed E-state index contributed by atoms with van der Waals surface area (Å²) in [5.74, 6) is 1.68. The second-order valence-corrected chi connectivity index (χ2v) is 10.2. The Hall–Kier alpha value is -2.56. The van der Waals surface area contributed by atoms with Crippen LogP contribution in [0.15, 0.2) is 46.1 Å². The van der Waals surface area contributed by atoms with Gasteiger partial charge in [0.05, 0.1) is 6.10 Å². The van der Waals surface area contributed by atoms with E-state index in [0.717, 1.165) is 21.6 Å². The maximum absolute atomic E-state index is 12.8. The van der Waals surface area contributed by atoms with Gasteiger partial charge in [-0.25, -0.2) is 9.59 Å². The van der Waals surface area contributed by atoms with Crippen molar-refractivity contribution in [3.05, 3.63) is 62.9 Å². The summed E-state index contributed by atoms with van der Waals surface area (Å²) in [5, 5.41) is 13.4. The number of H-pyrrole nitrogens is 1. The lowest BCUT2D eigenvalue weighted by atomic mass is 10.0. The van der Waals surface area contributed by atoms with Crippen LogP contribution >= 0.6 is 11.8 Å². The zero-order valence-electron chi connectivity index (χ0n) is 19.2. The van der Waals surface area contributed by atoms with Gasteiger partial charge in [0.15, 0.2) is 12.3 Å². The van der Waals surface area contributed by atoms with Crippen LogP contribution in [0.2, 0.25) is 0 Å². The summed E-state index contributed by atoms with van der Waals surface area (Å²) in [5.41, 5.74) is 0.480. The third-order valence-corrected chi connectivity index (χ3v) is 6.72. The fourth-order valence-corrected chi connectivity index (χ4v) is 4.72. The number of rotatable bonds is 7. The molecule has 1 amide bonds. The number of nitrogens with one attached hydrogen (secondary N) is 2. The molecule has 0 spiro atoms. The van der Waals surface area contributed by atoms with Crippen LogP contribution in [0.3, 0.4) is 0 Å². The summed E-state index contributed by atoms with van der Waals surface area (Å²) in [6, 6.07) is 8.61. The van der Waals surface area contributed by atoms with E-state index < -0.39 is 41.9 Å². The molecule has 1 aliphatic heterocycles. The van der Waals surface area contributed by atoms with Crippen molar-refractivity contribution in [2.75, 3.05) is 11.1 Å². The van der Waals surface area contributed by atoms with E-state index in [-0.39, 0.29) is 5.41 Å². The Morgan fingerprint density at radius 3 is 2.67 bits per heavy atom. The highest BCUT2D eigenvalue weighted by atomic mass is 32.2. The quantitative estimate of drug-likeness (QED) is 0.560. The number of thioether (sulfide) groups is 1. The fraction of sp³-hybridized carbons (Fsp3) is 0.522. The van der Waals surface area contributed by atoms with E-state index in [2.05, 4.69) is 31.1 Å². The van der Waals surface area contributed by atoms with Gasteiger partial charge in [-0.05, 0) is 29.2 Å². The van der Waals surface area contributed by atoms with Crippen molar-refractivity contribution in [1.29, 1.82) is 0 Å². The zero-order chi connectivity index (χ0) is 24.2. The summed E-state index contributed by atoms with van der Waals surface area (Å²) < 4.78 is 12.4. The number of carbonyl (C=O) groups excluding carboxylic acids is 1. The van der Waals surface area contributed by atoms with Crippen molar-refractivity contribution >= 4 is 23.5 Å². The van der Waals surface area contributed by atoms with Crippen molar-refractivity contribution in [3.8, 4) is 0 Å². The summed E-state index contributed by atoms with van der Waals surface area (Å²) in [4.78, 5) is 38.6. The number of hydrogen-bond donors (Lipinski definition) is 3. The van der Waals surface area contributed by atoms with Gasteiger partial charge < -0.3 is 14.6 Å². The molecule has 1 fully saturated rings. The number of aliphatic hydroxyl groups excluding tert-OH is 1. The Kier molecular flexibility index (Phi) is 8.04. The lowest BCUT2D eigenvalue weighted by Gasteiger charge is -2.22. The van der Waals surface area contributed by atoms with Crippen LogP contribution in [0.25, 0.3) is 0 Å². The largest absolute Gasteiger partial charge is 0.438 e. The second kappa shape index (κ2) is 10.6. The van der Waals surface area contributed by atoms with E-state index in [1.54, 1.807) is 17.8 Å². The van der Waals surface area contributed by atoms with Gasteiger partial charge in [0.1, 0.15) is 6.10 Å². The minimum Gasteiger partial charge on any atom is -0.438 e. The fourth-order valence-electron chi connectivity index (χ4n) is 3.53. The van der Waals surface area contributed by atoms with Crippen LogP contribution in [0.4, 0.5) is 10.5 Å². The number of hydrogen-bond acceptors (Lipinski definition) is 7. The lowest BCUT2D eigenvalue weighted by molar-refractivity contribution is -0.0428. The van der Waals surface area contributed by atoms with Crippen LogP contribution in [-0.4, -0.2) is 44.8 Å². The van der Waals surface area contributed by atoms with Gasteiger partial charge >= 0.3 is 11.8 Å². The standard InChI is InChI=1S/C23H31N3O6S/c1-5-16-18(28)19(20(31-16)26-11-10-17(27)25-21(26)29)32-22(30)24-15-9-7-6-8-14(15)12-33-13-23(2,3)4/h6-11,16,18-20,28H,5,12-13H2,1-4H3,(H,24,30)(H,25,27,29)/t16-,18-,19-,20-/m1/s1. The molecule has 3 rings (SSSR count). The molecular formula is C23H31N3O6S. The van der Waals surface area contributed by atoms with Crippen LogP contribution in [-0.2, 0) is 15.2 Å². The van der Waals surface area contributed by atoms with Gasteiger partial charge in [-0.1, -0.05) is 45.9 Å². The normalized spacial score (nSPS) is 22.8. The van der Waals surface area contributed by atoms with Gasteiger partial charge in [-0.3, -0.25) is 19.7 Å². The topological polar surface area (TPSA) is 123 Å². The van der Waals surface area contributed by atoms with Crippen LogP contribution in [0.1, 0.15) is 45.9 Å². The SMILES string of the molecule is CC[C@H]1O[C@@H](n2ccc(=O)[nH]c2=O)[C@H](OC(=O)Nc2ccccc2CSCC(C)(C)C)[C@@H]1O. The molecule has 0 unspecified atom stereocenters. The second-order valence-electron chi connectivity index (χ2n) is 9.19. The van der Waals surface area contributed by atoms with E-state index in [0.29, 0.717) is 12.1 Å². The molecule has 1 saturated heterocycles. The molecule has 3 N–H and O–H groups in total. The highest BCUT2D eigenvalue weighted by Crippen LogP contribution is 2.33. The monoisotopic (exact) mass is 477 g/mol. The van der Waals surface area contributed by atoms with Crippen molar-refractivity contribution in [3.63, 3.8) is 0 Å². The summed E-state index contributed by atoms with van der Waals surface area (Å²) in [7, 11) is 0. The number of aromatic nitrogens is 2. The third kappa shape index (κ3) is 6.49. The third-order valence-electron chi connectivity index (χ3n) is 5.13. The van der Waals surface area contributed by atoms with Crippen molar-refractivity contribution in [2.45, 2.75) is 64.4 Å². The first-order valence-corrected chi connectivity index (χ1v) is 12.0. The highest BCUT2D eigenvalue weighted by Gasteiger charge is 2.47. The number of benzene rings is 1. The zero-order valence-corrected chi connectivity index (χ0v) is 20.1. The lowest BCUT2D eigenvalue weighted by Crippen LogP contribution is -2.40. The van der Waals surface area contributed by atoms with Crippen LogP contribution < -0.4 is 16.6 Å². The predicted molar refractivity (Wildman–Crippen MR) is 127 cm³/mol. The molecule has 2 heterocycles. The van der Waals surface area contributed by atoms with E-state index in [9.17, 15) is 19.5 Å². The minimum atomic E-state index is -1.14. The van der Waals surface area contributed by atoms with Crippen molar-refractivity contribution in [1.82, 2.24) is 9.55 Å². The number of amides is 1. The molecule has 1 aromatic heterocycles. The van der Waals surface area contributed by atoms with E-state index in [1.807, 2.05) is 25.1 Å². The highest BCUT2D eigenvalue weighted by molar-refractivity contribution is 7.98. The summed E-state index contributed by atoms with van der Waals surface area (Å²) >= 11 is 1.77. The molecule has 33 heavy (non-hydrogen) atoms. The molecule has 4 atom stereocenters. The average molecular weight is 478 g/mol. The summed E-state index contributed by atoms with van der Waals surface area (Å²) in [6.45, 7) is 8.33. The van der Waals surface area contributed by atoms with Gasteiger partial charge in [-0.15, -0.1) is 0 Å². The number of ether oxygens (including phenoxy) is 2. The summed E-state index contributed by atoms with van der Waals surface area (Å²) in [6.07, 6.45) is -3.04. The van der Waals surface area contributed by atoms with Crippen molar-refractivity contribution < 1.29 is 19.4 Å². The number of aromatic amines is 1. The van der Waals surface area contributed by atoms with Crippen molar-refractivity contribution in [2.24, 2.45) is 5.41 Å². The van der Waals surface area contributed by atoms with Gasteiger partial charge in [0, 0.05) is 23.7 Å². The number of carbonyl (C=O) groups is 1. The number of para-hydroxylation sites is 1. The molecule has 180 valence electrons. The number of aliphatic hydroxyl groups is 1. The molecule has 2 aromatic rings. The minimum absolute atomic E-state index is 0.190. The molecular weight excluding hydrogens is 446 g/mol. The molecule has 0 aliphatic carbocycles. The van der Waals surface area contributed by atoms with E-state index in [4.69, 9.17) is 9.47 Å². The first kappa shape index (κ1) is 25.1. The molecule has 1 aliphatic rings. The molecule has 0 radical (unpaired) electrons. The average Bonchev–Trinajstić information content (AvgIpc) is 3.03. The maximum Gasteiger partial charge on any atom is 0.412 e. The van der Waals surface area contributed by atoms with Gasteiger partial charge in [0.2, 0.25) is 0 Å². The van der Waals surface area contributed by atoms with Crippen LogP contribution in [0, 0.1) is 5.41 Å². The molecule has 9 nitrogen and oxygen atoms in total. The maximum atomic E-state index is 12.8. The number of anilines is 1. The Morgan fingerprint density at radius 1 is 1.27 bits per heavy atom. The molecule has 0 bridgehead atoms. The smallest absolute Gasteiger partial charge is 0.412 e. The predicted octanol–water partition coefficient (Wildman–Crippen LogP) is 3.10. The first-order valence-electron chi connectivity index (χ1n) is 10.9. The number of nitrogens with zero attached hydrogens (tertiary/aromatic N) is 1. The Labute approximate surface area is 196 Å². The van der Waals surface area contributed by atoms with Crippen LogP contribution in [0.5, 0.6) is 0 Å². The van der Waals surface area contributed by atoms with E-state index >= 15 is 0 Å². The van der Waals surface area contributed by atoms with E-state index in [1.165, 1.54) is 12.3 Å². The Bertz CT molecular complexity index is 1080. The van der Waals surface area contributed by atoms with Gasteiger partial charge in [0.25, 0.3) is 5.56 Å². The Balaban J connectivity index is 1.74. The first-order chi connectivity index (χ1) is 15.6. The molecule has 10 heteroatoms. The van der Waals surface area contributed by atoms with Gasteiger partial charge in [-0.2, -0.15) is 11.8 Å². The molecule has 0 saturated carbocycles.